The Kier molecular flexibility index (Phi) is 6.35. The van der Waals surface area contributed by atoms with Crippen molar-refractivity contribution in [2.45, 2.75) is 25.8 Å². The highest BCUT2D eigenvalue weighted by Gasteiger charge is 2.26. The van der Waals surface area contributed by atoms with E-state index in [0.29, 0.717) is 10.8 Å². The van der Waals surface area contributed by atoms with Crippen LogP contribution in [0.4, 0.5) is 5.13 Å². The number of likely N-dealkylation sites (tertiary alicyclic amines) is 1. The van der Waals surface area contributed by atoms with E-state index in [9.17, 15) is 9.59 Å². The summed E-state index contributed by atoms with van der Waals surface area (Å²) < 4.78 is 4.63. The molecule has 0 aliphatic carbocycles. The molecule has 2 aromatic rings. The van der Waals surface area contributed by atoms with E-state index in [-0.39, 0.29) is 24.2 Å². The quantitative estimate of drug-likeness (QED) is 0.789. The summed E-state index contributed by atoms with van der Waals surface area (Å²) in [5.74, 6) is -0.376. The minimum absolute atomic E-state index is 0.00160. The number of aromatic nitrogens is 1. The maximum Gasteiger partial charge on any atom is 0.311 e. The van der Waals surface area contributed by atoms with Gasteiger partial charge in [-0.3, -0.25) is 14.5 Å². The Morgan fingerprint density at radius 1 is 1.35 bits per heavy atom. The van der Waals surface area contributed by atoms with Crippen LogP contribution >= 0.6 is 11.3 Å². The lowest BCUT2D eigenvalue weighted by molar-refractivity contribution is -0.139. The fourth-order valence-electron chi connectivity index (χ4n) is 3.13. The van der Waals surface area contributed by atoms with Crippen LogP contribution in [0.1, 0.15) is 24.1 Å². The number of rotatable bonds is 6. The number of ether oxygens (including phenoxy) is 1. The van der Waals surface area contributed by atoms with Gasteiger partial charge in [0.1, 0.15) is 0 Å². The number of nitrogens with zero attached hydrogens (tertiary/aromatic N) is 2. The van der Waals surface area contributed by atoms with Crippen molar-refractivity contribution in [3.8, 4) is 0 Å². The van der Waals surface area contributed by atoms with Gasteiger partial charge in [0.15, 0.2) is 5.13 Å². The van der Waals surface area contributed by atoms with E-state index < -0.39 is 0 Å². The number of methoxy groups -OCH3 is 1. The van der Waals surface area contributed by atoms with Crippen molar-refractivity contribution < 1.29 is 14.3 Å². The molecular formula is C19H23N3O3S. The van der Waals surface area contributed by atoms with Gasteiger partial charge in [-0.2, -0.15) is 0 Å². The molecule has 0 radical (unpaired) electrons. The van der Waals surface area contributed by atoms with Gasteiger partial charge in [-0.1, -0.05) is 30.3 Å². The molecule has 1 amide bonds. The second-order valence-electron chi connectivity index (χ2n) is 6.45. The molecule has 1 aliphatic heterocycles. The number of thiazole rings is 1. The molecule has 1 saturated heterocycles. The second-order valence-corrected chi connectivity index (χ2v) is 7.30. The zero-order chi connectivity index (χ0) is 18.4. The standard InChI is InChI=1S/C19H23N3O3S/c1-25-17(23)10-16-13-26-19(20-16)21-18(24)15-8-5-9-22(12-15)11-14-6-3-2-4-7-14/h2-4,6-7,13,15H,5,8-12H2,1H3,(H,20,21,24). The molecule has 1 atom stereocenters. The molecule has 7 heteroatoms. The summed E-state index contributed by atoms with van der Waals surface area (Å²) in [5.41, 5.74) is 1.88. The van der Waals surface area contributed by atoms with Crippen LogP contribution in [0.3, 0.4) is 0 Å². The number of nitrogens with one attached hydrogen (secondary N) is 1. The average Bonchev–Trinajstić information content (AvgIpc) is 3.09. The normalized spacial score (nSPS) is 17.7. The molecule has 0 spiro atoms. The average molecular weight is 373 g/mol. The van der Waals surface area contributed by atoms with Crippen LogP contribution in [-0.2, 0) is 27.3 Å². The van der Waals surface area contributed by atoms with Crippen LogP contribution < -0.4 is 5.32 Å². The van der Waals surface area contributed by atoms with E-state index in [4.69, 9.17) is 0 Å². The van der Waals surface area contributed by atoms with Crippen molar-refractivity contribution in [2.75, 3.05) is 25.5 Å². The molecule has 1 aliphatic rings. The highest BCUT2D eigenvalue weighted by molar-refractivity contribution is 7.13. The summed E-state index contributed by atoms with van der Waals surface area (Å²) in [6, 6.07) is 10.3. The summed E-state index contributed by atoms with van der Waals surface area (Å²) in [6.07, 6.45) is 2.02. The number of anilines is 1. The summed E-state index contributed by atoms with van der Waals surface area (Å²) >= 11 is 1.33. The first-order valence-electron chi connectivity index (χ1n) is 8.72. The Morgan fingerprint density at radius 2 is 2.15 bits per heavy atom. The lowest BCUT2D eigenvalue weighted by Crippen LogP contribution is -2.40. The number of esters is 1. The number of piperidine rings is 1. The van der Waals surface area contributed by atoms with Gasteiger partial charge in [-0.15, -0.1) is 11.3 Å². The lowest BCUT2D eigenvalue weighted by atomic mass is 9.97. The van der Waals surface area contributed by atoms with Gasteiger partial charge in [0.25, 0.3) is 0 Å². The number of benzene rings is 1. The maximum absolute atomic E-state index is 12.6. The van der Waals surface area contributed by atoms with Crippen LogP contribution in [0.15, 0.2) is 35.7 Å². The van der Waals surface area contributed by atoms with Crippen LogP contribution in [0, 0.1) is 5.92 Å². The van der Waals surface area contributed by atoms with Crippen LogP contribution in [-0.4, -0.2) is 42.0 Å². The van der Waals surface area contributed by atoms with Crippen LogP contribution in [0.25, 0.3) is 0 Å². The predicted octanol–water partition coefficient (Wildman–Crippen LogP) is 2.71. The Hall–Kier alpha value is -2.25. The van der Waals surface area contributed by atoms with E-state index in [2.05, 4.69) is 32.1 Å². The molecule has 2 heterocycles. The number of carbonyl (C=O) groups is 2. The van der Waals surface area contributed by atoms with E-state index >= 15 is 0 Å². The fraction of sp³-hybridized carbons (Fsp3) is 0.421. The van der Waals surface area contributed by atoms with Crippen molar-refractivity contribution in [3.05, 3.63) is 47.0 Å². The van der Waals surface area contributed by atoms with Crippen molar-refractivity contribution in [1.29, 1.82) is 0 Å². The molecule has 1 aromatic heterocycles. The molecule has 0 bridgehead atoms. The first kappa shape index (κ1) is 18.5. The van der Waals surface area contributed by atoms with Crippen molar-refractivity contribution in [2.24, 2.45) is 5.92 Å². The minimum atomic E-state index is -0.336. The van der Waals surface area contributed by atoms with Crippen molar-refractivity contribution in [1.82, 2.24) is 9.88 Å². The smallest absolute Gasteiger partial charge is 0.311 e. The van der Waals surface area contributed by atoms with Crippen LogP contribution in [0.5, 0.6) is 0 Å². The number of amides is 1. The summed E-state index contributed by atoms with van der Waals surface area (Å²) in [5, 5.41) is 5.21. The van der Waals surface area contributed by atoms with E-state index in [1.165, 1.54) is 24.0 Å². The zero-order valence-corrected chi connectivity index (χ0v) is 15.6. The zero-order valence-electron chi connectivity index (χ0n) is 14.8. The van der Waals surface area contributed by atoms with Crippen LogP contribution in [0.2, 0.25) is 0 Å². The van der Waals surface area contributed by atoms with Gasteiger partial charge in [0.2, 0.25) is 5.91 Å². The lowest BCUT2D eigenvalue weighted by Gasteiger charge is -2.31. The van der Waals surface area contributed by atoms with Crippen molar-refractivity contribution >= 4 is 28.3 Å². The van der Waals surface area contributed by atoms with Gasteiger partial charge in [0.05, 0.1) is 25.1 Å². The number of carbonyl (C=O) groups excluding carboxylic acids is 2. The van der Waals surface area contributed by atoms with Gasteiger partial charge >= 0.3 is 5.97 Å². The third-order valence-corrected chi connectivity index (χ3v) is 5.27. The topological polar surface area (TPSA) is 71.5 Å². The largest absolute Gasteiger partial charge is 0.469 e. The SMILES string of the molecule is COC(=O)Cc1csc(NC(=O)C2CCCN(Cc3ccccc3)C2)n1. The Bertz CT molecular complexity index is 747. The fourth-order valence-corrected chi connectivity index (χ4v) is 3.84. The molecule has 1 aromatic carbocycles. The summed E-state index contributed by atoms with van der Waals surface area (Å²) in [4.78, 5) is 30.5. The highest BCUT2D eigenvalue weighted by Crippen LogP contribution is 2.22. The Morgan fingerprint density at radius 3 is 2.92 bits per heavy atom. The maximum atomic E-state index is 12.6. The van der Waals surface area contributed by atoms with Gasteiger partial charge < -0.3 is 10.1 Å². The van der Waals surface area contributed by atoms with E-state index in [0.717, 1.165) is 32.5 Å². The van der Waals surface area contributed by atoms with Crippen molar-refractivity contribution in [3.63, 3.8) is 0 Å². The minimum Gasteiger partial charge on any atom is -0.469 e. The molecule has 138 valence electrons. The first-order valence-corrected chi connectivity index (χ1v) is 9.60. The molecule has 1 unspecified atom stereocenters. The molecule has 6 nitrogen and oxygen atoms in total. The molecule has 26 heavy (non-hydrogen) atoms. The third-order valence-electron chi connectivity index (χ3n) is 4.46. The Balaban J connectivity index is 1.53. The molecule has 0 saturated carbocycles. The summed E-state index contributed by atoms with van der Waals surface area (Å²) in [6.45, 7) is 2.63. The third kappa shape index (κ3) is 5.12. The molecule has 1 N–H and O–H groups in total. The van der Waals surface area contributed by atoms with Gasteiger partial charge in [-0.25, -0.2) is 4.98 Å². The highest BCUT2D eigenvalue weighted by atomic mass is 32.1. The number of hydrogen-bond donors (Lipinski definition) is 1. The Labute approximate surface area is 157 Å². The molecule has 3 rings (SSSR count). The first-order chi connectivity index (χ1) is 12.6. The summed E-state index contributed by atoms with van der Waals surface area (Å²) in [7, 11) is 1.35. The molecular weight excluding hydrogens is 350 g/mol. The number of hydrogen-bond acceptors (Lipinski definition) is 6. The van der Waals surface area contributed by atoms with Gasteiger partial charge in [-0.05, 0) is 24.9 Å². The van der Waals surface area contributed by atoms with Gasteiger partial charge in [0, 0.05) is 18.5 Å². The second kappa shape index (κ2) is 8.91. The van der Waals surface area contributed by atoms with E-state index in [1.54, 1.807) is 5.38 Å². The predicted molar refractivity (Wildman–Crippen MR) is 101 cm³/mol. The van der Waals surface area contributed by atoms with E-state index in [1.807, 2.05) is 18.2 Å². The molecule has 1 fully saturated rings. The monoisotopic (exact) mass is 373 g/mol.